The van der Waals surface area contributed by atoms with Crippen LogP contribution in [0.15, 0.2) is 65.6 Å². The van der Waals surface area contributed by atoms with Crippen molar-refractivity contribution in [2.24, 2.45) is 0 Å². The molecule has 0 aliphatic carbocycles. The molecule has 148 valence electrons. The van der Waals surface area contributed by atoms with Gasteiger partial charge in [0.05, 0.1) is 16.2 Å². The van der Waals surface area contributed by atoms with E-state index in [1.807, 2.05) is 6.92 Å². The van der Waals surface area contributed by atoms with Gasteiger partial charge in [-0.05, 0) is 61.0 Å². The molecule has 0 spiro atoms. The van der Waals surface area contributed by atoms with E-state index in [9.17, 15) is 21.6 Å². The van der Waals surface area contributed by atoms with Crippen molar-refractivity contribution in [3.05, 3.63) is 71.9 Å². The third-order valence-corrected chi connectivity index (χ3v) is 6.26. The van der Waals surface area contributed by atoms with Crippen molar-refractivity contribution in [1.29, 1.82) is 0 Å². The molecule has 28 heavy (non-hydrogen) atoms. The van der Waals surface area contributed by atoms with Crippen LogP contribution in [-0.2, 0) is 16.2 Å². The van der Waals surface area contributed by atoms with Gasteiger partial charge in [-0.3, -0.25) is 0 Å². The van der Waals surface area contributed by atoms with Crippen LogP contribution in [0, 0.1) is 6.92 Å². The quantitative estimate of drug-likeness (QED) is 0.627. The van der Waals surface area contributed by atoms with Crippen molar-refractivity contribution in [3.8, 4) is 16.9 Å². The minimum Gasteiger partial charge on any atom is -0.314 e. The summed E-state index contributed by atoms with van der Waals surface area (Å²) in [5.74, 6) is 0. The zero-order valence-corrected chi connectivity index (χ0v) is 16.3. The van der Waals surface area contributed by atoms with E-state index in [0.717, 1.165) is 22.1 Å². The van der Waals surface area contributed by atoms with E-state index in [2.05, 4.69) is 0 Å². The Morgan fingerprint density at radius 1 is 0.929 bits per heavy atom. The number of alkyl halides is 3. The first-order valence-corrected chi connectivity index (χ1v) is 9.85. The summed E-state index contributed by atoms with van der Waals surface area (Å²) in [6.45, 7) is 1.83. The smallest absolute Gasteiger partial charge is 0.314 e. The Hall–Kier alpha value is -2.58. The first-order valence-electron chi connectivity index (χ1n) is 8.41. The first kappa shape index (κ1) is 20.2. The molecule has 0 fully saturated rings. The normalized spacial score (nSPS) is 12.5. The van der Waals surface area contributed by atoms with Gasteiger partial charge in [-0.1, -0.05) is 12.1 Å². The molecule has 0 amide bonds. The number of hydrogen-bond donors (Lipinski definition) is 0. The summed E-state index contributed by atoms with van der Waals surface area (Å²) in [4.78, 5) is 0.145. The molecular weight excluding hydrogens is 389 g/mol. The third-order valence-electron chi connectivity index (χ3n) is 4.44. The number of nitrogens with zero attached hydrogens (tertiary/aromatic N) is 2. The lowest BCUT2D eigenvalue weighted by Gasteiger charge is -2.15. The number of halogens is 3. The van der Waals surface area contributed by atoms with E-state index in [1.165, 1.54) is 32.3 Å². The van der Waals surface area contributed by atoms with Gasteiger partial charge < -0.3 is 4.57 Å². The van der Waals surface area contributed by atoms with Gasteiger partial charge in [0.25, 0.3) is 0 Å². The lowest BCUT2D eigenvalue weighted by Crippen LogP contribution is -2.22. The Kier molecular flexibility index (Phi) is 5.12. The van der Waals surface area contributed by atoms with E-state index in [-0.39, 0.29) is 4.90 Å². The molecule has 8 heteroatoms. The zero-order valence-electron chi connectivity index (χ0n) is 15.5. The van der Waals surface area contributed by atoms with Gasteiger partial charge in [0.2, 0.25) is 10.0 Å². The van der Waals surface area contributed by atoms with E-state index in [1.54, 1.807) is 34.9 Å². The topological polar surface area (TPSA) is 42.3 Å². The molecule has 0 bridgehead atoms. The lowest BCUT2D eigenvalue weighted by atomic mass is 10.1. The molecule has 3 aromatic rings. The van der Waals surface area contributed by atoms with Crippen LogP contribution in [0.3, 0.4) is 0 Å². The molecular formula is C20H19F3N2O2S. The van der Waals surface area contributed by atoms with Crippen molar-refractivity contribution in [2.75, 3.05) is 14.1 Å². The van der Waals surface area contributed by atoms with Gasteiger partial charge >= 0.3 is 6.18 Å². The first-order chi connectivity index (χ1) is 13.0. The van der Waals surface area contributed by atoms with Crippen LogP contribution in [0.1, 0.15) is 11.3 Å². The average Bonchev–Trinajstić information content (AvgIpc) is 3.02. The number of sulfonamides is 1. The SMILES string of the molecule is Cc1ccc(-c2cccc(C(F)(F)F)c2)n1-c1ccc(S(=O)(=O)N(C)C)cc1. The number of aromatic nitrogens is 1. The van der Waals surface area contributed by atoms with E-state index in [0.29, 0.717) is 16.9 Å². The Morgan fingerprint density at radius 2 is 1.57 bits per heavy atom. The maximum absolute atomic E-state index is 13.1. The highest BCUT2D eigenvalue weighted by Gasteiger charge is 2.30. The predicted octanol–water partition coefficient (Wildman–Crippen LogP) is 4.72. The second-order valence-electron chi connectivity index (χ2n) is 6.56. The average molecular weight is 408 g/mol. The minimum atomic E-state index is -4.43. The van der Waals surface area contributed by atoms with Gasteiger partial charge in [-0.15, -0.1) is 0 Å². The van der Waals surface area contributed by atoms with Gasteiger partial charge in [-0.2, -0.15) is 13.2 Å². The summed E-state index contributed by atoms with van der Waals surface area (Å²) in [7, 11) is -0.659. The highest BCUT2D eigenvalue weighted by molar-refractivity contribution is 7.89. The Bertz CT molecular complexity index is 1100. The Labute approximate surface area is 161 Å². The Morgan fingerprint density at radius 3 is 2.14 bits per heavy atom. The van der Waals surface area contributed by atoms with Crippen molar-refractivity contribution in [1.82, 2.24) is 8.87 Å². The summed E-state index contributed by atoms with van der Waals surface area (Å²) < 4.78 is 66.6. The summed E-state index contributed by atoms with van der Waals surface area (Å²) in [5.41, 5.74) is 1.77. The van der Waals surface area contributed by atoms with Gasteiger partial charge in [-0.25, -0.2) is 12.7 Å². The molecule has 1 heterocycles. The summed E-state index contributed by atoms with van der Waals surface area (Å²) in [6.07, 6.45) is -4.43. The van der Waals surface area contributed by atoms with Crippen LogP contribution in [0.4, 0.5) is 13.2 Å². The van der Waals surface area contributed by atoms with Crippen LogP contribution in [-0.4, -0.2) is 31.4 Å². The van der Waals surface area contributed by atoms with E-state index < -0.39 is 21.8 Å². The second-order valence-corrected chi connectivity index (χ2v) is 8.71. The summed E-state index contributed by atoms with van der Waals surface area (Å²) in [6, 6.07) is 14.9. The molecule has 1 aromatic heterocycles. The molecule has 0 N–H and O–H groups in total. The number of rotatable bonds is 4. The van der Waals surface area contributed by atoms with E-state index in [4.69, 9.17) is 0 Å². The van der Waals surface area contributed by atoms with Gasteiger partial charge in [0, 0.05) is 25.5 Å². The fourth-order valence-corrected chi connectivity index (χ4v) is 3.84. The molecule has 0 atom stereocenters. The highest BCUT2D eigenvalue weighted by atomic mass is 32.2. The van der Waals surface area contributed by atoms with Crippen molar-refractivity contribution < 1.29 is 21.6 Å². The molecule has 0 saturated carbocycles. The zero-order chi connectivity index (χ0) is 20.7. The number of aryl methyl sites for hydroxylation is 1. The molecule has 0 radical (unpaired) electrons. The molecule has 0 aliphatic heterocycles. The number of benzene rings is 2. The van der Waals surface area contributed by atoms with Crippen molar-refractivity contribution in [2.45, 2.75) is 18.0 Å². The van der Waals surface area contributed by atoms with Crippen molar-refractivity contribution in [3.63, 3.8) is 0 Å². The molecule has 2 aromatic carbocycles. The fraction of sp³-hybridized carbons (Fsp3) is 0.200. The van der Waals surface area contributed by atoms with Crippen molar-refractivity contribution >= 4 is 10.0 Å². The number of hydrogen-bond acceptors (Lipinski definition) is 2. The molecule has 0 aliphatic rings. The molecule has 3 rings (SSSR count). The molecule has 0 saturated heterocycles. The summed E-state index contributed by atoms with van der Waals surface area (Å²) >= 11 is 0. The van der Waals surface area contributed by atoms with Crippen LogP contribution in [0.5, 0.6) is 0 Å². The second kappa shape index (κ2) is 7.10. The van der Waals surface area contributed by atoms with E-state index >= 15 is 0 Å². The Balaban J connectivity index is 2.08. The molecule has 4 nitrogen and oxygen atoms in total. The van der Waals surface area contributed by atoms with Gasteiger partial charge in [0.1, 0.15) is 0 Å². The highest BCUT2D eigenvalue weighted by Crippen LogP contribution is 2.33. The van der Waals surface area contributed by atoms with Crippen LogP contribution < -0.4 is 0 Å². The monoisotopic (exact) mass is 408 g/mol. The van der Waals surface area contributed by atoms with Crippen LogP contribution in [0.25, 0.3) is 16.9 Å². The van der Waals surface area contributed by atoms with Crippen LogP contribution >= 0.6 is 0 Å². The predicted molar refractivity (Wildman–Crippen MR) is 102 cm³/mol. The maximum atomic E-state index is 13.1. The lowest BCUT2D eigenvalue weighted by molar-refractivity contribution is -0.137. The maximum Gasteiger partial charge on any atom is 0.416 e. The molecule has 0 unspecified atom stereocenters. The fourth-order valence-electron chi connectivity index (χ4n) is 2.94. The standard InChI is InChI=1S/C20H19F3N2O2S/c1-14-7-12-19(15-5-4-6-16(13-15)20(21,22)23)25(14)17-8-10-18(11-9-17)28(26,27)24(2)3/h4-13H,1-3H3. The summed E-state index contributed by atoms with van der Waals surface area (Å²) in [5, 5.41) is 0. The van der Waals surface area contributed by atoms with Gasteiger partial charge in [0.15, 0.2) is 0 Å². The van der Waals surface area contributed by atoms with Crippen LogP contribution in [0.2, 0.25) is 0 Å². The minimum absolute atomic E-state index is 0.145. The third kappa shape index (κ3) is 3.70. The largest absolute Gasteiger partial charge is 0.416 e.